The fourth-order valence-corrected chi connectivity index (χ4v) is 1.86. The van der Waals surface area contributed by atoms with E-state index in [-0.39, 0.29) is 35.5 Å². The summed E-state index contributed by atoms with van der Waals surface area (Å²) < 4.78 is 5.36. The number of ether oxygens (including phenoxy) is 1. The minimum absolute atomic E-state index is 0. The molecule has 0 saturated carbocycles. The Bertz CT molecular complexity index is 521. The molecule has 0 aliphatic carbocycles. The summed E-state index contributed by atoms with van der Waals surface area (Å²) in [5.41, 5.74) is 0.783. The average Bonchev–Trinajstić information content (AvgIpc) is 2.59. The van der Waals surface area contributed by atoms with Crippen LogP contribution in [0.4, 0.5) is 0 Å². The fraction of sp³-hybridized carbons (Fsp3) is 0.556. The van der Waals surface area contributed by atoms with Crippen LogP contribution >= 0.6 is 24.0 Å². The molecule has 0 unspecified atom stereocenters. The second kappa shape index (κ2) is 12.9. The third-order valence-corrected chi connectivity index (χ3v) is 3.49. The number of hydrogen-bond donors (Lipinski definition) is 3. The number of carbonyl (C=O) groups excluding carboxylic acids is 1. The first-order valence-electron chi connectivity index (χ1n) is 8.35. The van der Waals surface area contributed by atoms with Crippen molar-refractivity contribution in [1.29, 1.82) is 0 Å². The Labute approximate surface area is 168 Å². The van der Waals surface area contributed by atoms with Gasteiger partial charge in [-0.15, -0.1) is 24.0 Å². The summed E-state index contributed by atoms with van der Waals surface area (Å²) in [6.45, 7) is 8.35. The van der Waals surface area contributed by atoms with E-state index in [4.69, 9.17) is 4.74 Å². The van der Waals surface area contributed by atoms with Crippen molar-refractivity contribution in [2.24, 2.45) is 4.99 Å². The minimum Gasteiger partial charge on any atom is -0.377 e. The van der Waals surface area contributed by atoms with E-state index in [2.05, 4.69) is 20.9 Å². The number of hydrogen-bond acceptors (Lipinski definition) is 3. The van der Waals surface area contributed by atoms with E-state index >= 15 is 0 Å². The lowest BCUT2D eigenvalue weighted by molar-refractivity contribution is -0.121. The monoisotopic (exact) mass is 462 g/mol. The summed E-state index contributed by atoms with van der Waals surface area (Å²) >= 11 is 0. The molecular weight excluding hydrogens is 431 g/mol. The second-order valence-electron chi connectivity index (χ2n) is 6.10. The van der Waals surface area contributed by atoms with Crippen LogP contribution < -0.4 is 16.0 Å². The lowest BCUT2D eigenvalue weighted by atomic mass is 10.1. The van der Waals surface area contributed by atoms with Crippen LogP contribution in [-0.4, -0.2) is 44.2 Å². The molecule has 0 aliphatic heterocycles. The highest BCUT2D eigenvalue weighted by Crippen LogP contribution is 2.06. The molecule has 1 aromatic rings. The molecule has 142 valence electrons. The molecule has 1 rings (SSSR count). The molecule has 0 heterocycles. The largest absolute Gasteiger partial charge is 0.377 e. The van der Waals surface area contributed by atoms with Crippen LogP contribution in [0.3, 0.4) is 0 Å². The Morgan fingerprint density at radius 1 is 1.16 bits per heavy atom. The molecule has 0 aliphatic rings. The number of rotatable bonds is 9. The SMILES string of the molecule is CCNC(=NCC(C)(C)OC)NCCC(=O)NCc1ccccc1.I. The highest BCUT2D eigenvalue weighted by molar-refractivity contribution is 14.0. The molecule has 25 heavy (non-hydrogen) atoms. The van der Waals surface area contributed by atoms with Crippen molar-refractivity contribution >= 4 is 35.8 Å². The quantitative estimate of drug-likeness (QED) is 0.299. The molecule has 0 radical (unpaired) electrons. The molecule has 7 heteroatoms. The predicted octanol–water partition coefficient (Wildman–Crippen LogP) is 2.29. The predicted molar refractivity (Wildman–Crippen MR) is 113 cm³/mol. The standard InChI is InChI=1S/C18H30N4O2.HI/c1-5-19-17(22-14-18(2,3)24-4)20-12-11-16(23)21-13-15-9-7-6-8-10-15;/h6-10H,5,11-14H2,1-4H3,(H,21,23)(H2,19,20,22);1H. The second-order valence-corrected chi connectivity index (χ2v) is 6.10. The Kier molecular flexibility index (Phi) is 12.2. The minimum atomic E-state index is -0.310. The summed E-state index contributed by atoms with van der Waals surface area (Å²) in [6.07, 6.45) is 0.394. The molecule has 0 saturated heterocycles. The fourth-order valence-electron chi connectivity index (χ4n) is 1.86. The van der Waals surface area contributed by atoms with Crippen LogP contribution in [-0.2, 0) is 16.1 Å². The van der Waals surface area contributed by atoms with Gasteiger partial charge in [0.1, 0.15) is 0 Å². The summed E-state index contributed by atoms with van der Waals surface area (Å²) in [7, 11) is 1.67. The van der Waals surface area contributed by atoms with E-state index in [0.29, 0.717) is 32.0 Å². The molecule has 3 N–H and O–H groups in total. The molecule has 0 atom stereocenters. The van der Waals surface area contributed by atoms with Gasteiger partial charge in [0.05, 0.1) is 12.1 Å². The zero-order valence-corrected chi connectivity index (χ0v) is 17.9. The van der Waals surface area contributed by atoms with Gasteiger partial charge in [-0.2, -0.15) is 0 Å². The first-order valence-corrected chi connectivity index (χ1v) is 8.35. The van der Waals surface area contributed by atoms with Gasteiger partial charge in [0.15, 0.2) is 5.96 Å². The first kappa shape index (κ1) is 23.6. The van der Waals surface area contributed by atoms with Crippen LogP contribution in [0.25, 0.3) is 0 Å². The Balaban J connectivity index is 0.00000576. The van der Waals surface area contributed by atoms with Crippen molar-refractivity contribution < 1.29 is 9.53 Å². The molecule has 6 nitrogen and oxygen atoms in total. The lowest BCUT2D eigenvalue weighted by Gasteiger charge is -2.21. The molecule has 1 aromatic carbocycles. The number of methoxy groups -OCH3 is 1. The average molecular weight is 462 g/mol. The van der Waals surface area contributed by atoms with Crippen molar-refractivity contribution in [3.05, 3.63) is 35.9 Å². The van der Waals surface area contributed by atoms with Gasteiger partial charge in [-0.1, -0.05) is 30.3 Å². The van der Waals surface area contributed by atoms with Crippen molar-refractivity contribution in [1.82, 2.24) is 16.0 Å². The van der Waals surface area contributed by atoms with E-state index in [1.54, 1.807) is 7.11 Å². The van der Waals surface area contributed by atoms with E-state index in [0.717, 1.165) is 12.1 Å². The molecule has 0 bridgehead atoms. The van der Waals surface area contributed by atoms with Gasteiger partial charge in [0.2, 0.25) is 5.91 Å². The lowest BCUT2D eigenvalue weighted by Crippen LogP contribution is -2.40. The Hall–Kier alpha value is -1.35. The zero-order chi connectivity index (χ0) is 17.8. The number of benzene rings is 1. The van der Waals surface area contributed by atoms with Crippen molar-refractivity contribution in [2.45, 2.75) is 39.3 Å². The smallest absolute Gasteiger partial charge is 0.222 e. The first-order chi connectivity index (χ1) is 11.5. The van der Waals surface area contributed by atoms with Gasteiger partial charge in [0, 0.05) is 33.2 Å². The van der Waals surface area contributed by atoms with Crippen LogP contribution in [0.2, 0.25) is 0 Å². The summed E-state index contributed by atoms with van der Waals surface area (Å²) in [5, 5.41) is 9.24. The number of aliphatic imine (C=N–C) groups is 1. The molecule has 0 fully saturated rings. The van der Waals surface area contributed by atoms with Gasteiger partial charge in [-0.05, 0) is 26.3 Å². The van der Waals surface area contributed by atoms with E-state index in [9.17, 15) is 4.79 Å². The van der Waals surface area contributed by atoms with Crippen molar-refractivity contribution in [2.75, 3.05) is 26.7 Å². The number of guanidine groups is 1. The summed E-state index contributed by atoms with van der Waals surface area (Å²) in [6, 6.07) is 9.87. The number of halogens is 1. The highest BCUT2D eigenvalue weighted by atomic mass is 127. The maximum atomic E-state index is 11.9. The van der Waals surface area contributed by atoms with Gasteiger partial charge < -0.3 is 20.7 Å². The number of nitrogens with zero attached hydrogens (tertiary/aromatic N) is 1. The number of amides is 1. The normalized spacial score (nSPS) is 11.4. The third-order valence-electron chi connectivity index (χ3n) is 3.49. The molecule has 1 amide bonds. The zero-order valence-electron chi connectivity index (χ0n) is 15.6. The number of carbonyl (C=O) groups is 1. The third kappa shape index (κ3) is 11.0. The number of nitrogens with one attached hydrogen (secondary N) is 3. The van der Waals surface area contributed by atoms with E-state index in [1.807, 2.05) is 51.1 Å². The Morgan fingerprint density at radius 2 is 1.84 bits per heavy atom. The van der Waals surface area contributed by atoms with Gasteiger partial charge in [-0.25, -0.2) is 0 Å². The van der Waals surface area contributed by atoms with Crippen LogP contribution in [0, 0.1) is 0 Å². The molecule has 0 aromatic heterocycles. The maximum absolute atomic E-state index is 11.9. The van der Waals surface area contributed by atoms with E-state index < -0.39 is 0 Å². The Morgan fingerprint density at radius 3 is 2.44 bits per heavy atom. The maximum Gasteiger partial charge on any atom is 0.222 e. The van der Waals surface area contributed by atoms with Crippen molar-refractivity contribution in [3.63, 3.8) is 0 Å². The highest BCUT2D eigenvalue weighted by Gasteiger charge is 2.15. The van der Waals surface area contributed by atoms with E-state index in [1.165, 1.54) is 0 Å². The van der Waals surface area contributed by atoms with Crippen LogP contribution in [0.15, 0.2) is 35.3 Å². The molecular formula is C18H31IN4O2. The van der Waals surface area contributed by atoms with Crippen LogP contribution in [0.1, 0.15) is 32.8 Å². The van der Waals surface area contributed by atoms with Crippen molar-refractivity contribution in [3.8, 4) is 0 Å². The van der Waals surface area contributed by atoms with Gasteiger partial charge in [-0.3, -0.25) is 9.79 Å². The molecule has 0 spiro atoms. The van der Waals surface area contributed by atoms with Crippen LogP contribution in [0.5, 0.6) is 0 Å². The summed E-state index contributed by atoms with van der Waals surface area (Å²) in [4.78, 5) is 16.4. The summed E-state index contributed by atoms with van der Waals surface area (Å²) in [5.74, 6) is 0.706. The topological polar surface area (TPSA) is 74.8 Å². The van der Waals surface area contributed by atoms with Gasteiger partial charge in [0.25, 0.3) is 0 Å². The van der Waals surface area contributed by atoms with Gasteiger partial charge >= 0.3 is 0 Å².